The normalized spacial score (nSPS) is 19.1. The Balaban J connectivity index is 1.25. The molecule has 2 aliphatic rings. The highest BCUT2D eigenvalue weighted by molar-refractivity contribution is 7.20. The van der Waals surface area contributed by atoms with Crippen LogP contribution in [0.3, 0.4) is 0 Å². The summed E-state index contributed by atoms with van der Waals surface area (Å²) < 4.78 is 18.2. The van der Waals surface area contributed by atoms with E-state index in [0.29, 0.717) is 31.5 Å². The average Bonchev–Trinajstić information content (AvgIpc) is 3.26. The Morgan fingerprint density at radius 1 is 1.12 bits per heavy atom. The van der Waals surface area contributed by atoms with Crippen molar-refractivity contribution >= 4 is 27.5 Å². The summed E-state index contributed by atoms with van der Waals surface area (Å²) in [5, 5.41) is 0.684. The fourth-order valence-electron chi connectivity index (χ4n) is 4.79. The monoisotopic (exact) mass is 452 g/mol. The molecule has 0 spiro atoms. The zero-order valence-corrected chi connectivity index (χ0v) is 19.1. The van der Waals surface area contributed by atoms with Gasteiger partial charge in [0.15, 0.2) is 0 Å². The Morgan fingerprint density at radius 2 is 1.88 bits per heavy atom. The van der Waals surface area contributed by atoms with Crippen LogP contribution in [0.4, 0.5) is 0 Å². The molecule has 1 amide bonds. The maximum absolute atomic E-state index is 13.7. The standard InChI is InChI=1S/C25H28N2O4S/c1-29-20-7-8-21-22(17-20)32-24(26-21)31-19-9-13-27(14-10-19)23(28)25(11-15-30-16-12-25)18-5-3-2-4-6-18/h2-8,17,19H,9-16H2,1H3. The molecule has 0 atom stereocenters. The number of hydrogen-bond acceptors (Lipinski definition) is 6. The third-order valence-corrected chi connectivity index (χ3v) is 7.56. The number of carbonyl (C=O) groups excluding carboxylic acids is 1. The molecule has 3 heterocycles. The quantitative estimate of drug-likeness (QED) is 0.573. The van der Waals surface area contributed by atoms with E-state index in [1.807, 2.05) is 41.3 Å². The van der Waals surface area contributed by atoms with Crippen LogP contribution in [0, 0.1) is 0 Å². The molecule has 1 aromatic heterocycles. The second-order valence-corrected chi connectivity index (χ2v) is 9.48. The minimum absolute atomic E-state index is 0.0730. The molecule has 0 bridgehead atoms. The smallest absolute Gasteiger partial charge is 0.274 e. The molecule has 0 N–H and O–H groups in total. The van der Waals surface area contributed by atoms with Crippen molar-refractivity contribution in [1.29, 1.82) is 0 Å². The van der Waals surface area contributed by atoms with E-state index in [-0.39, 0.29) is 12.0 Å². The number of likely N-dealkylation sites (tertiary alicyclic amines) is 1. The van der Waals surface area contributed by atoms with Gasteiger partial charge in [-0.05, 0) is 36.6 Å². The minimum Gasteiger partial charge on any atom is -0.497 e. The maximum atomic E-state index is 13.7. The molecule has 6 nitrogen and oxygen atoms in total. The van der Waals surface area contributed by atoms with Crippen LogP contribution in [0.2, 0.25) is 0 Å². The Labute approximate surface area is 192 Å². The number of aromatic nitrogens is 1. The number of benzene rings is 2. The van der Waals surface area contributed by atoms with E-state index in [9.17, 15) is 4.79 Å². The summed E-state index contributed by atoms with van der Waals surface area (Å²) in [6.45, 7) is 2.67. The maximum Gasteiger partial charge on any atom is 0.274 e. The predicted molar refractivity (Wildman–Crippen MR) is 125 cm³/mol. The zero-order valence-electron chi connectivity index (χ0n) is 18.3. The summed E-state index contributed by atoms with van der Waals surface area (Å²) in [5.41, 5.74) is 1.55. The van der Waals surface area contributed by atoms with Gasteiger partial charge in [-0.15, -0.1) is 0 Å². The molecular weight excluding hydrogens is 424 g/mol. The number of ether oxygens (including phenoxy) is 3. The van der Waals surface area contributed by atoms with Gasteiger partial charge in [-0.3, -0.25) is 4.79 Å². The lowest BCUT2D eigenvalue weighted by Crippen LogP contribution is -2.53. The van der Waals surface area contributed by atoms with E-state index in [1.54, 1.807) is 7.11 Å². The summed E-state index contributed by atoms with van der Waals surface area (Å²) >= 11 is 1.54. The number of thiazole rings is 1. The van der Waals surface area contributed by atoms with Crippen LogP contribution in [-0.4, -0.2) is 55.3 Å². The lowest BCUT2D eigenvalue weighted by Gasteiger charge is -2.42. The van der Waals surface area contributed by atoms with Gasteiger partial charge >= 0.3 is 0 Å². The SMILES string of the molecule is COc1ccc2nc(OC3CCN(C(=O)C4(c5ccccc5)CCOCC4)CC3)sc2c1. The highest BCUT2D eigenvalue weighted by atomic mass is 32.1. The van der Waals surface area contributed by atoms with Gasteiger partial charge in [0.25, 0.3) is 5.19 Å². The number of piperidine rings is 1. The van der Waals surface area contributed by atoms with Crippen LogP contribution in [0.15, 0.2) is 48.5 Å². The van der Waals surface area contributed by atoms with Gasteiger partial charge in [0, 0.05) is 39.1 Å². The molecule has 0 radical (unpaired) electrons. The first-order valence-corrected chi connectivity index (χ1v) is 12.0. The van der Waals surface area contributed by atoms with Crippen LogP contribution in [0.1, 0.15) is 31.2 Å². The van der Waals surface area contributed by atoms with Crippen molar-refractivity contribution in [3.63, 3.8) is 0 Å². The molecule has 3 aromatic rings. The molecule has 168 valence electrons. The largest absolute Gasteiger partial charge is 0.497 e. The van der Waals surface area contributed by atoms with Crippen molar-refractivity contribution in [3.8, 4) is 10.9 Å². The first-order chi connectivity index (χ1) is 15.7. The van der Waals surface area contributed by atoms with Gasteiger partial charge in [0.1, 0.15) is 11.9 Å². The second kappa shape index (κ2) is 9.08. The third-order valence-electron chi connectivity index (χ3n) is 6.65. The molecule has 7 heteroatoms. The summed E-state index contributed by atoms with van der Waals surface area (Å²) in [7, 11) is 1.66. The number of carbonyl (C=O) groups is 1. The van der Waals surface area contributed by atoms with Crippen molar-refractivity contribution in [2.24, 2.45) is 0 Å². The van der Waals surface area contributed by atoms with E-state index >= 15 is 0 Å². The Bertz CT molecular complexity index is 1070. The molecule has 0 unspecified atom stereocenters. The zero-order chi connectivity index (χ0) is 22.0. The number of methoxy groups -OCH3 is 1. The highest BCUT2D eigenvalue weighted by Crippen LogP contribution is 2.38. The molecule has 2 saturated heterocycles. The highest BCUT2D eigenvalue weighted by Gasteiger charge is 2.44. The van der Waals surface area contributed by atoms with Crippen molar-refractivity contribution in [3.05, 3.63) is 54.1 Å². The lowest BCUT2D eigenvalue weighted by molar-refractivity contribution is -0.143. The molecule has 2 aromatic carbocycles. The number of nitrogens with zero attached hydrogens (tertiary/aromatic N) is 2. The van der Waals surface area contributed by atoms with Crippen LogP contribution in [-0.2, 0) is 14.9 Å². The first-order valence-electron chi connectivity index (χ1n) is 11.2. The van der Waals surface area contributed by atoms with Crippen molar-refractivity contribution < 1.29 is 19.0 Å². The van der Waals surface area contributed by atoms with Crippen LogP contribution in [0.5, 0.6) is 10.9 Å². The number of amides is 1. The topological polar surface area (TPSA) is 60.9 Å². The number of fused-ring (bicyclic) bond motifs is 1. The van der Waals surface area contributed by atoms with E-state index in [0.717, 1.165) is 47.2 Å². The van der Waals surface area contributed by atoms with Gasteiger partial charge in [0.05, 0.1) is 22.7 Å². The molecule has 2 aliphatic heterocycles. The van der Waals surface area contributed by atoms with Gasteiger partial charge in [-0.25, -0.2) is 4.98 Å². The summed E-state index contributed by atoms with van der Waals surface area (Å²) in [4.78, 5) is 20.4. The average molecular weight is 453 g/mol. The predicted octanol–water partition coefficient (Wildman–Crippen LogP) is 4.42. The van der Waals surface area contributed by atoms with E-state index in [2.05, 4.69) is 17.1 Å². The number of rotatable bonds is 5. The molecule has 5 rings (SSSR count). The van der Waals surface area contributed by atoms with Gasteiger partial charge in [0.2, 0.25) is 5.91 Å². The van der Waals surface area contributed by atoms with E-state index in [1.165, 1.54) is 11.3 Å². The molecule has 0 saturated carbocycles. The molecule has 32 heavy (non-hydrogen) atoms. The van der Waals surface area contributed by atoms with Gasteiger partial charge < -0.3 is 19.1 Å². The van der Waals surface area contributed by atoms with Gasteiger partial charge in [-0.2, -0.15) is 0 Å². The van der Waals surface area contributed by atoms with E-state index < -0.39 is 5.41 Å². The van der Waals surface area contributed by atoms with Crippen molar-refractivity contribution in [2.45, 2.75) is 37.2 Å². The molecule has 2 fully saturated rings. The third kappa shape index (κ3) is 4.07. The Hall–Kier alpha value is -2.64. The van der Waals surface area contributed by atoms with Crippen LogP contribution >= 0.6 is 11.3 Å². The van der Waals surface area contributed by atoms with E-state index in [4.69, 9.17) is 14.2 Å². The lowest BCUT2D eigenvalue weighted by atomic mass is 9.72. The molecule has 0 aliphatic carbocycles. The summed E-state index contributed by atoms with van der Waals surface area (Å²) in [5.74, 6) is 1.05. The Kier molecular flexibility index (Phi) is 6.02. The molecular formula is C25H28N2O4S. The second-order valence-electron chi connectivity index (χ2n) is 8.48. The van der Waals surface area contributed by atoms with Crippen LogP contribution in [0.25, 0.3) is 10.2 Å². The van der Waals surface area contributed by atoms with Crippen LogP contribution < -0.4 is 9.47 Å². The number of hydrogen-bond donors (Lipinski definition) is 0. The van der Waals surface area contributed by atoms with Crippen molar-refractivity contribution in [2.75, 3.05) is 33.4 Å². The van der Waals surface area contributed by atoms with Gasteiger partial charge in [-0.1, -0.05) is 41.7 Å². The first kappa shape index (κ1) is 21.2. The fourth-order valence-corrected chi connectivity index (χ4v) is 5.70. The van der Waals surface area contributed by atoms with Crippen molar-refractivity contribution in [1.82, 2.24) is 9.88 Å². The summed E-state index contributed by atoms with van der Waals surface area (Å²) in [6.07, 6.45) is 3.17. The fraction of sp³-hybridized carbons (Fsp3) is 0.440. The summed E-state index contributed by atoms with van der Waals surface area (Å²) in [6, 6.07) is 16.1. The minimum atomic E-state index is -0.473. The Morgan fingerprint density at radius 3 is 2.59 bits per heavy atom.